The number of ether oxygens (including phenoxy) is 1. The molecule has 1 aromatic carbocycles. The first-order chi connectivity index (χ1) is 14.3. The molecule has 2 aliphatic rings. The molecular weight excluding hydrogens is 374 g/mol. The highest BCUT2D eigenvalue weighted by Crippen LogP contribution is 2.38. The maximum Gasteiger partial charge on any atom is 0.303 e. The van der Waals surface area contributed by atoms with Crippen molar-refractivity contribution >= 4 is 11.5 Å². The molecule has 1 fully saturated rings. The maximum absolute atomic E-state index is 10.7. The number of hydrogen-bond acceptors (Lipinski definition) is 3. The average molecular weight is 414 g/mol. The summed E-state index contributed by atoms with van der Waals surface area (Å²) in [5, 5.41) is 12.3. The lowest BCUT2D eigenvalue weighted by Gasteiger charge is -2.37. The van der Waals surface area contributed by atoms with Crippen LogP contribution in [0.3, 0.4) is 0 Å². The standard InChI is InChI=1S/C26H39NO3/c1-26(2,3)21-10-14-24(15-11-21)30-23-12-8-19(9-13-23)20-16-17-27-22(18-20)6-4-5-7-25(28)29/h8-9,12-13,18,21-22,24,27H,4-7,10-11,14-17H2,1-3H3,(H,28,29). The molecule has 1 heterocycles. The van der Waals surface area contributed by atoms with E-state index in [1.165, 1.54) is 24.0 Å². The zero-order valence-corrected chi connectivity index (χ0v) is 19.0. The summed E-state index contributed by atoms with van der Waals surface area (Å²) < 4.78 is 6.28. The predicted molar refractivity (Wildman–Crippen MR) is 123 cm³/mol. The lowest BCUT2D eigenvalue weighted by atomic mass is 9.72. The van der Waals surface area contributed by atoms with Crippen LogP contribution in [-0.2, 0) is 4.79 Å². The molecular formula is C26H39NO3. The van der Waals surface area contributed by atoms with Crippen molar-refractivity contribution in [1.82, 2.24) is 5.32 Å². The molecule has 2 N–H and O–H groups in total. The van der Waals surface area contributed by atoms with Crippen LogP contribution in [0.25, 0.3) is 5.57 Å². The summed E-state index contributed by atoms with van der Waals surface area (Å²) in [6.07, 6.45) is 11.5. The van der Waals surface area contributed by atoms with E-state index >= 15 is 0 Å². The summed E-state index contributed by atoms with van der Waals surface area (Å²) in [5.74, 6) is 1.09. The smallest absolute Gasteiger partial charge is 0.303 e. The summed E-state index contributed by atoms with van der Waals surface area (Å²) in [6.45, 7) is 8.04. The molecule has 0 amide bonds. The van der Waals surface area contributed by atoms with Crippen LogP contribution >= 0.6 is 0 Å². The Labute approximate surface area is 182 Å². The van der Waals surface area contributed by atoms with E-state index in [0.29, 0.717) is 17.6 Å². The van der Waals surface area contributed by atoms with Crippen molar-refractivity contribution < 1.29 is 14.6 Å². The third-order valence-corrected chi connectivity index (χ3v) is 6.79. The Morgan fingerprint density at radius 1 is 1.10 bits per heavy atom. The van der Waals surface area contributed by atoms with Crippen LogP contribution in [0.1, 0.15) is 84.1 Å². The number of carboxylic acid groups (broad SMARTS) is 1. The number of benzene rings is 1. The molecule has 1 unspecified atom stereocenters. The van der Waals surface area contributed by atoms with Gasteiger partial charge < -0.3 is 15.2 Å². The summed E-state index contributed by atoms with van der Waals surface area (Å²) >= 11 is 0. The first kappa shape index (κ1) is 22.9. The van der Waals surface area contributed by atoms with Crippen LogP contribution in [0.4, 0.5) is 0 Å². The van der Waals surface area contributed by atoms with Crippen LogP contribution in [0.5, 0.6) is 5.75 Å². The molecule has 1 aromatic rings. The van der Waals surface area contributed by atoms with Crippen molar-refractivity contribution in [1.29, 1.82) is 0 Å². The minimum atomic E-state index is -0.701. The molecule has 1 atom stereocenters. The molecule has 0 radical (unpaired) electrons. The monoisotopic (exact) mass is 413 g/mol. The van der Waals surface area contributed by atoms with Crippen molar-refractivity contribution in [2.75, 3.05) is 6.54 Å². The van der Waals surface area contributed by atoms with Gasteiger partial charge in [-0.15, -0.1) is 0 Å². The van der Waals surface area contributed by atoms with E-state index in [4.69, 9.17) is 9.84 Å². The number of hydrogen-bond donors (Lipinski definition) is 2. The van der Waals surface area contributed by atoms with Gasteiger partial charge in [-0.25, -0.2) is 0 Å². The third kappa shape index (κ3) is 6.87. The second kappa shape index (κ2) is 10.5. The van der Waals surface area contributed by atoms with Crippen molar-refractivity contribution in [3.05, 3.63) is 35.9 Å². The zero-order chi connectivity index (χ0) is 21.6. The Bertz CT molecular complexity index is 709. The highest BCUT2D eigenvalue weighted by molar-refractivity contribution is 5.67. The first-order valence-electron chi connectivity index (χ1n) is 11.7. The van der Waals surface area contributed by atoms with Crippen molar-refractivity contribution in [2.45, 2.75) is 90.7 Å². The summed E-state index contributed by atoms with van der Waals surface area (Å²) in [7, 11) is 0. The number of carbonyl (C=O) groups is 1. The van der Waals surface area contributed by atoms with Crippen LogP contribution in [0.15, 0.2) is 30.3 Å². The summed E-state index contributed by atoms with van der Waals surface area (Å²) in [4.78, 5) is 10.7. The molecule has 30 heavy (non-hydrogen) atoms. The van der Waals surface area contributed by atoms with Gasteiger partial charge in [-0.3, -0.25) is 4.79 Å². The Morgan fingerprint density at radius 3 is 2.43 bits per heavy atom. The molecule has 166 valence electrons. The van der Waals surface area contributed by atoms with Gasteiger partial charge in [0.15, 0.2) is 0 Å². The van der Waals surface area contributed by atoms with E-state index in [-0.39, 0.29) is 6.42 Å². The lowest BCUT2D eigenvalue weighted by molar-refractivity contribution is -0.137. The van der Waals surface area contributed by atoms with E-state index in [0.717, 1.165) is 56.7 Å². The highest BCUT2D eigenvalue weighted by Gasteiger charge is 2.30. The minimum absolute atomic E-state index is 0.266. The lowest BCUT2D eigenvalue weighted by Crippen LogP contribution is -2.32. The second-order valence-electron chi connectivity index (χ2n) is 10.1. The van der Waals surface area contributed by atoms with Gasteiger partial charge in [0.05, 0.1) is 6.10 Å². The fourth-order valence-electron chi connectivity index (χ4n) is 4.83. The van der Waals surface area contributed by atoms with Crippen molar-refractivity contribution in [3.63, 3.8) is 0 Å². The molecule has 3 rings (SSSR count). The van der Waals surface area contributed by atoms with Gasteiger partial charge in [0, 0.05) is 12.5 Å². The van der Waals surface area contributed by atoms with Crippen molar-refractivity contribution in [2.24, 2.45) is 11.3 Å². The van der Waals surface area contributed by atoms with Gasteiger partial charge in [-0.2, -0.15) is 0 Å². The third-order valence-electron chi connectivity index (χ3n) is 6.79. The topological polar surface area (TPSA) is 58.6 Å². The fraction of sp³-hybridized carbons (Fsp3) is 0.654. The Morgan fingerprint density at radius 2 is 1.80 bits per heavy atom. The van der Waals surface area contributed by atoms with Crippen LogP contribution < -0.4 is 10.1 Å². The van der Waals surface area contributed by atoms with Crippen molar-refractivity contribution in [3.8, 4) is 5.75 Å². The van der Waals surface area contributed by atoms with E-state index < -0.39 is 5.97 Å². The van der Waals surface area contributed by atoms with Gasteiger partial charge in [-0.1, -0.05) is 45.4 Å². The fourth-order valence-corrected chi connectivity index (χ4v) is 4.83. The Balaban J connectivity index is 1.49. The number of aliphatic carboxylic acids is 1. The number of unbranched alkanes of at least 4 members (excludes halogenated alkanes) is 1. The number of nitrogens with one attached hydrogen (secondary N) is 1. The summed E-state index contributed by atoms with van der Waals surface area (Å²) in [5.41, 5.74) is 3.06. The average Bonchev–Trinajstić information content (AvgIpc) is 2.72. The van der Waals surface area contributed by atoms with Crippen LogP contribution in [0.2, 0.25) is 0 Å². The largest absolute Gasteiger partial charge is 0.490 e. The van der Waals surface area contributed by atoms with Crippen LogP contribution in [0, 0.1) is 11.3 Å². The van der Waals surface area contributed by atoms with Gasteiger partial charge in [0.2, 0.25) is 0 Å². The SMILES string of the molecule is CC(C)(C)C1CCC(Oc2ccc(C3=CC(CCCCC(=O)O)NCC3)cc2)CC1. The van der Waals surface area contributed by atoms with Gasteiger partial charge >= 0.3 is 5.97 Å². The summed E-state index contributed by atoms with van der Waals surface area (Å²) in [6, 6.07) is 8.96. The predicted octanol–water partition coefficient (Wildman–Crippen LogP) is 6.06. The molecule has 1 aliphatic heterocycles. The highest BCUT2D eigenvalue weighted by atomic mass is 16.5. The Hall–Kier alpha value is -1.81. The van der Waals surface area contributed by atoms with E-state index in [9.17, 15) is 4.79 Å². The van der Waals surface area contributed by atoms with E-state index in [1.54, 1.807) is 0 Å². The maximum atomic E-state index is 10.7. The Kier molecular flexibility index (Phi) is 7.99. The van der Waals surface area contributed by atoms with Crippen LogP contribution in [-0.4, -0.2) is 29.8 Å². The zero-order valence-electron chi connectivity index (χ0n) is 19.0. The molecule has 0 saturated heterocycles. The quantitative estimate of drug-likeness (QED) is 0.509. The normalized spacial score (nSPS) is 24.9. The first-order valence-corrected chi connectivity index (χ1v) is 11.7. The second-order valence-corrected chi connectivity index (χ2v) is 10.1. The van der Waals surface area contributed by atoms with Gasteiger partial charge in [-0.05, 0) is 86.1 Å². The van der Waals surface area contributed by atoms with Gasteiger partial charge in [0.1, 0.15) is 5.75 Å². The van der Waals surface area contributed by atoms with E-state index in [1.807, 2.05) is 0 Å². The van der Waals surface area contributed by atoms with E-state index in [2.05, 4.69) is 56.4 Å². The molecule has 4 heteroatoms. The minimum Gasteiger partial charge on any atom is -0.490 e. The molecule has 1 saturated carbocycles. The number of carboxylic acids is 1. The molecule has 4 nitrogen and oxygen atoms in total. The number of rotatable bonds is 8. The molecule has 0 bridgehead atoms. The van der Waals surface area contributed by atoms with Gasteiger partial charge in [0.25, 0.3) is 0 Å². The molecule has 0 spiro atoms. The molecule has 0 aromatic heterocycles. The molecule has 1 aliphatic carbocycles.